The van der Waals surface area contributed by atoms with Crippen molar-refractivity contribution in [2.75, 3.05) is 6.54 Å². The van der Waals surface area contributed by atoms with Gasteiger partial charge < -0.3 is 5.32 Å². The second-order valence-corrected chi connectivity index (χ2v) is 6.22. The van der Waals surface area contributed by atoms with Gasteiger partial charge in [0.25, 0.3) is 0 Å². The van der Waals surface area contributed by atoms with Gasteiger partial charge in [-0.1, -0.05) is 25.1 Å². The molecular weight excluding hydrogens is 341 g/mol. The van der Waals surface area contributed by atoms with Crippen LogP contribution in [0.25, 0.3) is 0 Å². The van der Waals surface area contributed by atoms with E-state index in [0.717, 1.165) is 13.0 Å². The van der Waals surface area contributed by atoms with Crippen LogP contribution in [0.15, 0.2) is 41.8 Å². The highest BCUT2D eigenvalue weighted by molar-refractivity contribution is 14.1. The lowest BCUT2D eigenvalue weighted by atomic mass is 10.0. The minimum Gasteiger partial charge on any atom is -0.310 e. The summed E-state index contributed by atoms with van der Waals surface area (Å²) in [6, 6.07) is 13.6. The second kappa shape index (κ2) is 6.52. The molecule has 90 valence electrons. The first-order valence-electron chi connectivity index (χ1n) is 5.81. The van der Waals surface area contributed by atoms with Crippen LogP contribution in [0.2, 0.25) is 0 Å². The van der Waals surface area contributed by atoms with E-state index >= 15 is 0 Å². The fraction of sp³-hybridized carbons (Fsp3) is 0.286. The van der Waals surface area contributed by atoms with E-state index in [1.807, 2.05) is 11.3 Å². The smallest absolute Gasteiger partial charge is 0.0368 e. The van der Waals surface area contributed by atoms with E-state index in [-0.39, 0.29) is 0 Å². The Morgan fingerprint density at radius 3 is 2.59 bits per heavy atom. The molecule has 1 aromatic carbocycles. The third-order valence-corrected chi connectivity index (χ3v) is 4.33. The third kappa shape index (κ3) is 3.79. The lowest BCUT2D eigenvalue weighted by molar-refractivity contribution is 0.553. The van der Waals surface area contributed by atoms with Crippen molar-refractivity contribution in [3.63, 3.8) is 0 Å². The van der Waals surface area contributed by atoms with Gasteiger partial charge in [-0.3, -0.25) is 0 Å². The molecule has 0 bridgehead atoms. The molecule has 0 saturated heterocycles. The molecule has 3 heteroatoms. The maximum atomic E-state index is 3.56. The molecule has 1 aromatic heterocycles. The van der Waals surface area contributed by atoms with Crippen molar-refractivity contribution in [2.45, 2.75) is 19.4 Å². The SMILES string of the molecule is CCNC(Cc1cccs1)c1ccc(I)cc1. The van der Waals surface area contributed by atoms with Crippen molar-refractivity contribution >= 4 is 33.9 Å². The monoisotopic (exact) mass is 357 g/mol. The van der Waals surface area contributed by atoms with Crippen molar-refractivity contribution in [1.82, 2.24) is 5.32 Å². The molecule has 2 rings (SSSR count). The second-order valence-electron chi connectivity index (χ2n) is 3.95. The van der Waals surface area contributed by atoms with Crippen LogP contribution >= 0.6 is 33.9 Å². The van der Waals surface area contributed by atoms with E-state index in [1.54, 1.807) is 0 Å². The Morgan fingerprint density at radius 1 is 1.24 bits per heavy atom. The molecule has 0 aliphatic carbocycles. The first kappa shape index (κ1) is 13.1. The molecule has 1 nitrogen and oxygen atoms in total. The number of thiophene rings is 1. The van der Waals surface area contributed by atoms with Gasteiger partial charge in [-0.05, 0) is 58.3 Å². The zero-order chi connectivity index (χ0) is 12.1. The van der Waals surface area contributed by atoms with Gasteiger partial charge in [0.1, 0.15) is 0 Å². The summed E-state index contributed by atoms with van der Waals surface area (Å²) in [5.74, 6) is 0. The molecule has 0 aliphatic heterocycles. The fourth-order valence-electron chi connectivity index (χ4n) is 1.88. The molecule has 2 aromatic rings. The molecule has 1 N–H and O–H groups in total. The molecule has 0 fully saturated rings. The summed E-state index contributed by atoms with van der Waals surface area (Å²) in [6.45, 7) is 3.16. The minimum absolute atomic E-state index is 0.427. The van der Waals surface area contributed by atoms with Gasteiger partial charge >= 0.3 is 0 Å². The Morgan fingerprint density at radius 2 is 2.00 bits per heavy atom. The van der Waals surface area contributed by atoms with E-state index in [2.05, 4.69) is 76.6 Å². The average Bonchev–Trinajstić information content (AvgIpc) is 2.82. The highest BCUT2D eigenvalue weighted by Crippen LogP contribution is 2.22. The van der Waals surface area contributed by atoms with E-state index in [9.17, 15) is 0 Å². The highest BCUT2D eigenvalue weighted by Gasteiger charge is 2.11. The van der Waals surface area contributed by atoms with E-state index in [1.165, 1.54) is 14.0 Å². The van der Waals surface area contributed by atoms with Crippen LogP contribution in [0, 0.1) is 3.57 Å². The molecule has 0 saturated carbocycles. The largest absolute Gasteiger partial charge is 0.310 e. The Labute approximate surface area is 120 Å². The third-order valence-electron chi connectivity index (χ3n) is 2.71. The van der Waals surface area contributed by atoms with Crippen LogP contribution < -0.4 is 5.32 Å². The van der Waals surface area contributed by atoms with Gasteiger partial charge in [-0.15, -0.1) is 11.3 Å². The van der Waals surface area contributed by atoms with Crippen LogP contribution in [0.3, 0.4) is 0 Å². The lowest BCUT2D eigenvalue weighted by Crippen LogP contribution is -2.22. The number of likely N-dealkylation sites (N-methyl/N-ethyl adjacent to an activating group) is 1. The van der Waals surface area contributed by atoms with Crippen molar-refractivity contribution in [3.05, 3.63) is 55.8 Å². The Hall–Kier alpha value is -0.390. The van der Waals surface area contributed by atoms with Crippen molar-refractivity contribution in [2.24, 2.45) is 0 Å². The fourth-order valence-corrected chi connectivity index (χ4v) is 2.99. The van der Waals surface area contributed by atoms with Gasteiger partial charge in [0.05, 0.1) is 0 Å². The molecule has 0 radical (unpaired) electrons. The van der Waals surface area contributed by atoms with Crippen LogP contribution in [-0.2, 0) is 6.42 Å². The van der Waals surface area contributed by atoms with Crippen LogP contribution in [-0.4, -0.2) is 6.54 Å². The zero-order valence-corrected chi connectivity index (χ0v) is 12.8. The molecule has 1 unspecified atom stereocenters. The number of rotatable bonds is 5. The summed E-state index contributed by atoms with van der Waals surface area (Å²) in [4.78, 5) is 1.44. The van der Waals surface area contributed by atoms with E-state index in [0.29, 0.717) is 6.04 Å². The number of benzene rings is 1. The summed E-state index contributed by atoms with van der Waals surface area (Å²) < 4.78 is 1.29. The lowest BCUT2D eigenvalue weighted by Gasteiger charge is -2.17. The van der Waals surface area contributed by atoms with Gasteiger partial charge in [0, 0.05) is 20.9 Å². The maximum Gasteiger partial charge on any atom is 0.0368 e. The first-order valence-corrected chi connectivity index (χ1v) is 7.76. The zero-order valence-electron chi connectivity index (χ0n) is 9.82. The topological polar surface area (TPSA) is 12.0 Å². The summed E-state index contributed by atoms with van der Waals surface area (Å²) in [5.41, 5.74) is 1.38. The normalized spacial score (nSPS) is 12.6. The predicted molar refractivity (Wildman–Crippen MR) is 83.6 cm³/mol. The summed E-state index contributed by atoms with van der Waals surface area (Å²) >= 11 is 4.18. The molecule has 1 heterocycles. The first-order chi connectivity index (χ1) is 8.29. The number of halogens is 1. The average molecular weight is 357 g/mol. The Kier molecular flexibility index (Phi) is 5.00. The van der Waals surface area contributed by atoms with Gasteiger partial charge in [0.15, 0.2) is 0 Å². The van der Waals surface area contributed by atoms with Gasteiger partial charge in [-0.2, -0.15) is 0 Å². The quantitative estimate of drug-likeness (QED) is 0.789. The van der Waals surface area contributed by atoms with Crippen molar-refractivity contribution in [3.8, 4) is 0 Å². The van der Waals surface area contributed by atoms with Gasteiger partial charge in [0.2, 0.25) is 0 Å². The van der Waals surface area contributed by atoms with Crippen molar-refractivity contribution < 1.29 is 0 Å². The molecular formula is C14H16INS. The number of hydrogen-bond donors (Lipinski definition) is 1. The molecule has 0 spiro atoms. The molecule has 0 aliphatic rings. The van der Waals surface area contributed by atoms with Crippen LogP contribution in [0.1, 0.15) is 23.4 Å². The standard InChI is InChI=1S/C14H16INS/c1-2-16-14(10-13-4-3-9-17-13)11-5-7-12(15)8-6-11/h3-9,14,16H,2,10H2,1H3. The minimum atomic E-state index is 0.427. The maximum absolute atomic E-state index is 3.56. The summed E-state index contributed by atoms with van der Waals surface area (Å²) in [7, 11) is 0. The molecule has 17 heavy (non-hydrogen) atoms. The van der Waals surface area contributed by atoms with Crippen molar-refractivity contribution in [1.29, 1.82) is 0 Å². The number of hydrogen-bond acceptors (Lipinski definition) is 2. The highest BCUT2D eigenvalue weighted by atomic mass is 127. The van der Waals surface area contributed by atoms with Gasteiger partial charge in [-0.25, -0.2) is 0 Å². The predicted octanol–water partition coefficient (Wildman–Crippen LogP) is 4.25. The number of nitrogens with one attached hydrogen (secondary N) is 1. The molecule has 1 atom stereocenters. The summed E-state index contributed by atoms with van der Waals surface area (Å²) in [6.07, 6.45) is 1.08. The van der Waals surface area contributed by atoms with Crippen LogP contribution in [0.5, 0.6) is 0 Å². The Bertz CT molecular complexity index is 436. The molecule has 0 amide bonds. The van der Waals surface area contributed by atoms with Crippen LogP contribution in [0.4, 0.5) is 0 Å². The summed E-state index contributed by atoms with van der Waals surface area (Å²) in [5, 5.41) is 5.71. The van der Waals surface area contributed by atoms with E-state index < -0.39 is 0 Å². The van der Waals surface area contributed by atoms with E-state index in [4.69, 9.17) is 0 Å². The Balaban J connectivity index is 2.13.